The predicted octanol–water partition coefficient (Wildman–Crippen LogP) is 2.82. The van der Waals surface area contributed by atoms with Crippen molar-refractivity contribution >= 4 is 45.1 Å². The molecule has 3 aromatic rings. The summed E-state index contributed by atoms with van der Waals surface area (Å²) in [5.41, 5.74) is 1.36. The summed E-state index contributed by atoms with van der Waals surface area (Å²) < 4.78 is 1.66. The summed E-state index contributed by atoms with van der Waals surface area (Å²) in [4.78, 5) is 4.18. The van der Waals surface area contributed by atoms with Crippen LogP contribution in [-0.4, -0.2) is 20.0 Å². The molecule has 0 aliphatic heterocycles. The zero-order chi connectivity index (χ0) is 11.3. The molecule has 6 heteroatoms. The predicted molar refractivity (Wildman–Crippen MR) is 63.8 cm³/mol. The van der Waals surface area contributed by atoms with Gasteiger partial charge in [-0.3, -0.25) is 0 Å². The first-order valence-corrected chi connectivity index (χ1v) is 5.36. The summed E-state index contributed by atoms with van der Waals surface area (Å²) in [6.07, 6.45) is 0. The van der Waals surface area contributed by atoms with Gasteiger partial charge < -0.3 is 0 Å². The molecule has 0 unspecified atom stereocenters. The number of aryl methyl sites for hydroxylation is 1. The Hall–Kier alpha value is -1.39. The average molecular weight is 253 g/mol. The van der Waals surface area contributed by atoms with E-state index in [2.05, 4.69) is 15.3 Å². The number of hydrogen-bond donors (Lipinski definition) is 0. The normalized spacial score (nSPS) is 11.4. The van der Waals surface area contributed by atoms with Crippen molar-refractivity contribution in [1.29, 1.82) is 0 Å². The Morgan fingerprint density at radius 3 is 2.81 bits per heavy atom. The maximum absolute atomic E-state index is 6.07. The number of halogens is 2. The molecule has 0 aliphatic rings. The van der Waals surface area contributed by atoms with Crippen molar-refractivity contribution in [2.45, 2.75) is 0 Å². The summed E-state index contributed by atoms with van der Waals surface area (Å²) in [5.74, 6) is 0. The Labute approximate surface area is 101 Å². The second-order valence-corrected chi connectivity index (χ2v) is 4.27. The van der Waals surface area contributed by atoms with Crippen molar-refractivity contribution in [3.63, 3.8) is 0 Å². The molecule has 2 aromatic heterocycles. The fourth-order valence-electron chi connectivity index (χ4n) is 1.76. The van der Waals surface area contributed by atoms with E-state index in [1.54, 1.807) is 10.7 Å². The Morgan fingerprint density at radius 2 is 2.00 bits per heavy atom. The standard InChI is InChI=1S/C10H6Cl2N4/c1-16-8-7-4-5(11)2-3-6(7)9(12)13-10(8)14-15-16/h2-4H,1H3. The number of rotatable bonds is 0. The molecule has 0 saturated carbocycles. The van der Waals surface area contributed by atoms with Crippen LogP contribution in [0.5, 0.6) is 0 Å². The fourth-order valence-corrected chi connectivity index (χ4v) is 2.18. The molecule has 80 valence electrons. The zero-order valence-electron chi connectivity index (χ0n) is 8.28. The molecule has 0 fully saturated rings. The van der Waals surface area contributed by atoms with Gasteiger partial charge in [0, 0.05) is 22.8 Å². The maximum Gasteiger partial charge on any atom is 0.203 e. The van der Waals surface area contributed by atoms with Gasteiger partial charge in [-0.25, -0.2) is 9.67 Å². The number of fused-ring (bicyclic) bond motifs is 3. The average Bonchev–Trinajstić information content (AvgIpc) is 2.60. The van der Waals surface area contributed by atoms with E-state index in [4.69, 9.17) is 23.2 Å². The fraction of sp³-hybridized carbons (Fsp3) is 0.100. The molecule has 4 nitrogen and oxygen atoms in total. The molecule has 0 amide bonds. The highest BCUT2D eigenvalue weighted by Crippen LogP contribution is 2.29. The molecular formula is C10H6Cl2N4. The van der Waals surface area contributed by atoms with E-state index in [-0.39, 0.29) is 0 Å². The van der Waals surface area contributed by atoms with Crippen LogP contribution in [0.15, 0.2) is 18.2 Å². The molecular weight excluding hydrogens is 247 g/mol. The summed E-state index contributed by atoms with van der Waals surface area (Å²) in [5, 5.41) is 10.7. The highest BCUT2D eigenvalue weighted by Gasteiger charge is 2.11. The number of nitrogens with zero attached hydrogens (tertiary/aromatic N) is 4. The van der Waals surface area contributed by atoms with E-state index < -0.39 is 0 Å². The van der Waals surface area contributed by atoms with Gasteiger partial charge in [0.15, 0.2) is 0 Å². The zero-order valence-corrected chi connectivity index (χ0v) is 9.79. The lowest BCUT2D eigenvalue weighted by molar-refractivity contribution is 0.737. The molecule has 0 aliphatic carbocycles. The highest BCUT2D eigenvalue weighted by atomic mass is 35.5. The summed E-state index contributed by atoms with van der Waals surface area (Å²) >= 11 is 12.0. The highest BCUT2D eigenvalue weighted by molar-refractivity contribution is 6.36. The van der Waals surface area contributed by atoms with Gasteiger partial charge in [-0.2, -0.15) is 0 Å². The van der Waals surface area contributed by atoms with Crippen molar-refractivity contribution < 1.29 is 0 Å². The third kappa shape index (κ3) is 1.27. The molecule has 0 N–H and O–H groups in total. The lowest BCUT2D eigenvalue weighted by atomic mass is 10.1. The van der Waals surface area contributed by atoms with Crippen molar-refractivity contribution in [2.75, 3.05) is 0 Å². The molecule has 2 heterocycles. The maximum atomic E-state index is 6.07. The lowest BCUT2D eigenvalue weighted by Crippen LogP contribution is -1.91. The van der Waals surface area contributed by atoms with Crippen LogP contribution in [0.4, 0.5) is 0 Å². The summed E-state index contributed by atoms with van der Waals surface area (Å²) in [6.45, 7) is 0. The molecule has 0 radical (unpaired) electrons. The number of pyridine rings is 1. The van der Waals surface area contributed by atoms with Gasteiger partial charge in [-0.05, 0) is 18.2 Å². The van der Waals surface area contributed by atoms with Crippen LogP contribution in [0.25, 0.3) is 21.9 Å². The second kappa shape index (κ2) is 3.30. The van der Waals surface area contributed by atoms with Gasteiger partial charge in [-0.15, -0.1) is 5.10 Å². The van der Waals surface area contributed by atoms with E-state index in [0.29, 0.717) is 15.8 Å². The van der Waals surface area contributed by atoms with Crippen molar-refractivity contribution in [3.05, 3.63) is 28.4 Å². The number of hydrogen-bond acceptors (Lipinski definition) is 3. The van der Waals surface area contributed by atoms with Crippen LogP contribution >= 0.6 is 23.2 Å². The van der Waals surface area contributed by atoms with Crippen LogP contribution in [0.2, 0.25) is 10.2 Å². The van der Waals surface area contributed by atoms with E-state index in [1.165, 1.54) is 0 Å². The first-order chi connectivity index (χ1) is 7.66. The molecule has 0 bridgehead atoms. The van der Waals surface area contributed by atoms with E-state index in [9.17, 15) is 0 Å². The summed E-state index contributed by atoms with van der Waals surface area (Å²) in [7, 11) is 1.81. The molecule has 1 aromatic carbocycles. The van der Waals surface area contributed by atoms with E-state index in [0.717, 1.165) is 16.3 Å². The second-order valence-electron chi connectivity index (χ2n) is 3.48. The minimum absolute atomic E-state index is 0.416. The van der Waals surface area contributed by atoms with Gasteiger partial charge in [0.25, 0.3) is 0 Å². The van der Waals surface area contributed by atoms with E-state index >= 15 is 0 Å². The van der Waals surface area contributed by atoms with Crippen LogP contribution in [-0.2, 0) is 7.05 Å². The largest absolute Gasteiger partial charge is 0.245 e. The van der Waals surface area contributed by atoms with Crippen molar-refractivity contribution in [1.82, 2.24) is 20.0 Å². The Kier molecular flexibility index (Phi) is 2.02. The van der Waals surface area contributed by atoms with Crippen LogP contribution in [0.1, 0.15) is 0 Å². The Morgan fingerprint density at radius 1 is 1.19 bits per heavy atom. The first kappa shape index (κ1) is 9.81. The topological polar surface area (TPSA) is 43.6 Å². The molecule has 0 atom stereocenters. The van der Waals surface area contributed by atoms with Crippen molar-refractivity contribution in [3.8, 4) is 0 Å². The van der Waals surface area contributed by atoms with Gasteiger partial charge >= 0.3 is 0 Å². The minimum Gasteiger partial charge on any atom is -0.245 e. The van der Waals surface area contributed by atoms with E-state index in [1.807, 2.05) is 19.2 Å². The number of aromatic nitrogens is 4. The SMILES string of the molecule is Cn1nnc2nc(Cl)c3ccc(Cl)cc3c21. The lowest BCUT2D eigenvalue weighted by Gasteiger charge is -2.02. The van der Waals surface area contributed by atoms with Crippen molar-refractivity contribution in [2.24, 2.45) is 7.05 Å². The first-order valence-electron chi connectivity index (χ1n) is 4.61. The minimum atomic E-state index is 0.416. The summed E-state index contributed by atoms with van der Waals surface area (Å²) in [6, 6.07) is 5.47. The molecule has 0 spiro atoms. The van der Waals surface area contributed by atoms with Crippen LogP contribution in [0.3, 0.4) is 0 Å². The monoisotopic (exact) mass is 252 g/mol. The smallest absolute Gasteiger partial charge is 0.203 e. The third-order valence-corrected chi connectivity index (χ3v) is 3.00. The van der Waals surface area contributed by atoms with Crippen LogP contribution < -0.4 is 0 Å². The molecule has 16 heavy (non-hydrogen) atoms. The van der Waals surface area contributed by atoms with Gasteiger partial charge in [0.05, 0.1) is 0 Å². The quantitative estimate of drug-likeness (QED) is 0.578. The van der Waals surface area contributed by atoms with Gasteiger partial charge in [0.1, 0.15) is 10.7 Å². The van der Waals surface area contributed by atoms with Gasteiger partial charge in [0.2, 0.25) is 5.65 Å². The molecule has 3 rings (SSSR count). The Bertz CT molecular complexity index is 705. The molecule has 0 saturated heterocycles. The van der Waals surface area contributed by atoms with Crippen LogP contribution in [0, 0.1) is 0 Å². The van der Waals surface area contributed by atoms with Gasteiger partial charge in [-0.1, -0.05) is 28.4 Å². The Balaban J connectivity index is 2.64. The third-order valence-electron chi connectivity index (χ3n) is 2.47. The number of benzene rings is 1.